The van der Waals surface area contributed by atoms with Crippen molar-refractivity contribution in [3.05, 3.63) is 65.2 Å². The average Bonchev–Trinajstić information content (AvgIpc) is 3.28. The van der Waals surface area contributed by atoms with E-state index in [-0.39, 0.29) is 35.2 Å². The second-order valence-corrected chi connectivity index (χ2v) is 8.29. The quantitative estimate of drug-likeness (QED) is 0.586. The number of benzene rings is 2. The summed E-state index contributed by atoms with van der Waals surface area (Å²) in [6.45, 7) is 3.43. The van der Waals surface area contributed by atoms with E-state index < -0.39 is 23.6 Å². The molecule has 2 aliphatic heterocycles. The second-order valence-electron chi connectivity index (χ2n) is 8.29. The van der Waals surface area contributed by atoms with E-state index in [0.717, 1.165) is 5.56 Å². The predicted octanol–water partition coefficient (Wildman–Crippen LogP) is 4.37. The normalized spacial score (nSPS) is 19.3. The first-order valence-corrected chi connectivity index (χ1v) is 10.3. The summed E-state index contributed by atoms with van der Waals surface area (Å²) in [5, 5.41) is 12.0. The van der Waals surface area contributed by atoms with Crippen molar-refractivity contribution < 1.29 is 37.7 Å². The highest BCUT2D eigenvalue weighted by atomic mass is 19.3. The van der Waals surface area contributed by atoms with Gasteiger partial charge in [0.15, 0.2) is 11.5 Å². The van der Waals surface area contributed by atoms with Gasteiger partial charge in [-0.15, -0.1) is 8.78 Å². The Morgan fingerprint density at radius 1 is 1.06 bits per heavy atom. The molecule has 8 nitrogen and oxygen atoms in total. The Bertz CT molecular complexity index is 1360. The molecule has 0 fully saturated rings. The maximum atomic E-state index is 13.4. The smallest absolute Gasteiger partial charge is 0.492 e. The number of pyridine rings is 1. The van der Waals surface area contributed by atoms with Crippen molar-refractivity contribution >= 4 is 17.7 Å². The highest BCUT2D eigenvalue weighted by Crippen LogP contribution is 2.50. The largest absolute Gasteiger partial charge is 0.586 e. The third-order valence-corrected chi connectivity index (χ3v) is 5.84. The Labute approximate surface area is 192 Å². The molecule has 0 saturated heterocycles. The molecule has 0 radical (unpaired) electrons. The van der Waals surface area contributed by atoms with Crippen molar-refractivity contribution in [3.63, 3.8) is 0 Å². The van der Waals surface area contributed by atoms with Crippen LogP contribution in [0.25, 0.3) is 11.3 Å². The molecule has 1 aromatic heterocycles. The third kappa shape index (κ3) is 3.57. The van der Waals surface area contributed by atoms with Gasteiger partial charge in [-0.2, -0.15) is 0 Å². The molecule has 3 heterocycles. The zero-order valence-corrected chi connectivity index (χ0v) is 18.0. The van der Waals surface area contributed by atoms with Gasteiger partial charge in [0.05, 0.1) is 11.3 Å². The van der Waals surface area contributed by atoms with Crippen molar-refractivity contribution in [2.45, 2.75) is 25.6 Å². The molecule has 10 heteroatoms. The van der Waals surface area contributed by atoms with Gasteiger partial charge < -0.3 is 24.6 Å². The van der Waals surface area contributed by atoms with Crippen molar-refractivity contribution in [1.82, 2.24) is 4.98 Å². The number of carboxylic acids is 1. The number of alkyl halides is 2. The summed E-state index contributed by atoms with van der Waals surface area (Å²) in [4.78, 5) is 29.1. The summed E-state index contributed by atoms with van der Waals surface area (Å²) in [5.41, 5.74) is 1.18. The lowest BCUT2D eigenvalue weighted by Crippen LogP contribution is -2.39. The van der Waals surface area contributed by atoms with E-state index in [2.05, 4.69) is 19.8 Å². The molecule has 1 amide bonds. The Hall–Kier alpha value is -4.21. The summed E-state index contributed by atoms with van der Waals surface area (Å²) in [6, 6.07) is 12.3. The molecule has 2 N–H and O–H groups in total. The minimum absolute atomic E-state index is 0.0210. The van der Waals surface area contributed by atoms with E-state index in [1.807, 2.05) is 6.92 Å². The molecule has 1 atom stereocenters. The number of rotatable bonds is 4. The number of carbonyl (C=O) groups excluding carboxylic acids is 1. The Kier molecular flexibility index (Phi) is 4.71. The van der Waals surface area contributed by atoms with E-state index in [1.54, 1.807) is 31.2 Å². The van der Waals surface area contributed by atoms with Gasteiger partial charge in [0.2, 0.25) is 5.91 Å². The number of aryl methyl sites for hydroxylation is 1. The maximum absolute atomic E-state index is 13.4. The van der Waals surface area contributed by atoms with Crippen molar-refractivity contribution in [3.8, 4) is 28.5 Å². The number of anilines is 1. The first-order valence-electron chi connectivity index (χ1n) is 10.3. The first kappa shape index (κ1) is 21.6. The Balaban J connectivity index is 1.44. The molecule has 0 bridgehead atoms. The van der Waals surface area contributed by atoms with Crippen LogP contribution >= 0.6 is 0 Å². The molecule has 2 aromatic carbocycles. The van der Waals surface area contributed by atoms with Gasteiger partial charge >= 0.3 is 12.3 Å². The van der Waals surface area contributed by atoms with Crippen molar-refractivity contribution in [2.24, 2.45) is 0 Å². The zero-order chi connectivity index (χ0) is 24.3. The molecule has 5 rings (SSSR count). The van der Waals surface area contributed by atoms with Gasteiger partial charge in [-0.05, 0) is 43.7 Å². The number of carboxylic acid groups (broad SMARTS) is 1. The predicted molar refractivity (Wildman–Crippen MR) is 115 cm³/mol. The van der Waals surface area contributed by atoms with Crippen LogP contribution in [0, 0.1) is 6.92 Å². The number of aromatic carboxylic acids is 1. The summed E-state index contributed by atoms with van der Waals surface area (Å²) < 4.78 is 41.4. The van der Waals surface area contributed by atoms with Crippen LogP contribution in [0.3, 0.4) is 0 Å². The van der Waals surface area contributed by atoms with Gasteiger partial charge in [-0.3, -0.25) is 4.79 Å². The fourth-order valence-corrected chi connectivity index (χ4v) is 3.96. The van der Waals surface area contributed by atoms with Gasteiger partial charge in [0.25, 0.3) is 0 Å². The van der Waals surface area contributed by atoms with Gasteiger partial charge in [-0.1, -0.05) is 18.2 Å². The third-order valence-electron chi connectivity index (χ3n) is 5.84. The maximum Gasteiger partial charge on any atom is 0.586 e. The van der Waals surface area contributed by atoms with Crippen molar-refractivity contribution in [1.29, 1.82) is 0 Å². The molecule has 174 valence electrons. The number of halogens is 2. The molecular weight excluding hydrogens is 450 g/mol. The topological polar surface area (TPSA) is 107 Å². The van der Waals surface area contributed by atoms with Crippen LogP contribution in [0.5, 0.6) is 17.2 Å². The Morgan fingerprint density at radius 2 is 1.79 bits per heavy atom. The lowest BCUT2D eigenvalue weighted by Gasteiger charge is -2.22. The van der Waals surface area contributed by atoms with E-state index in [9.17, 15) is 23.5 Å². The van der Waals surface area contributed by atoms with Crippen LogP contribution in [0.1, 0.15) is 28.4 Å². The van der Waals surface area contributed by atoms with E-state index in [0.29, 0.717) is 16.8 Å². The number of carbonyl (C=O) groups is 2. The lowest BCUT2D eigenvalue weighted by atomic mass is 9.83. The van der Waals surface area contributed by atoms with Crippen molar-refractivity contribution in [2.75, 3.05) is 11.9 Å². The number of fused-ring (bicyclic) bond motifs is 2. The summed E-state index contributed by atoms with van der Waals surface area (Å²) in [5.74, 6) is -1.37. The minimum atomic E-state index is -3.78. The zero-order valence-electron chi connectivity index (χ0n) is 18.0. The molecule has 3 aromatic rings. The number of aromatic nitrogens is 1. The number of amides is 1. The summed E-state index contributed by atoms with van der Waals surface area (Å²) in [6.07, 6.45) is -3.78. The summed E-state index contributed by atoms with van der Waals surface area (Å²) in [7, 11) is 0. The number of nitrogens with zero attached hydrogens (tertiary/aromatic N) is 1. The number of hydrogen-bond donors (Lipinski definition) is 2. The second kappa shape index (κ2) is 7.41. The van der Waals surface area contributed by atoms with E-state index >= 15 is 0 Å². The van der Waals surface area contributed by atoms with Gasteiger partial charge in [0.1, 0.15) is 23.6 Å². The fraction of sp³-hybridized carbons (Fsp3) is 0.208. The first-order chi connectivity index (χ1) is 16.1. The number of nitrogens with one attached hydrogen (secondary N) is 1. The summed E-state index contributed by atoms with van der Waals surface area (Å²) >= 11 is 0. The average molecular weight is 468 g/mol. The van der Waals surface area contributed by atoms with E-state index in [4.69, 9.17) is 4.74 Å². The molecule has 34 heavy (non-hydrogen) atoms. The van der Waals surface area contributed by atoms with Crippen LogP contribution < -0.4 is 19.5 Å². The fourth-order valence-electron chi connectivity index (χ4n) is 3.96. The highest BCUT2D eigenvalue weighted by molar-refractivity contribution is 6.00. The van der Waals surface area contributed by atoms with Crippen LogP contribution in [-0.2, 0) is 10.2 Å². The molecule has 0 spiro atoms. The lowest BCUT2D eigenvalue weighted by molar-refractivity contribution is -0.286. The van der Waals surface area contributed by atoms with Crippen LogP contribution in [0.15, 0.2) is 48.5 Å². The molecule has 0 aliphatic carbocycles. The number of ether oxygens (including phenoxy) is 3. The monoisotopic (exact) mass is 468 g/mol. The van der Waals surface area contributed by atoms with Crippen LogP contribution in [-0.4, -0.2) is 34.9 Å². The number of hydrogen-bond acceptors (Lipinski definition) is 6. The van der Waals surface area contributed by atoms with E-state index in [1.165, 1.54) is 24.3 Å². The molecule has 2 aliphatic rings. The SMILES string of the molecule is Cc1ccc(NC(=O)C2(C)COc3cc4c(cc32)OC(F)(F)O4)nc1-c1cccc(C(=O)O)c1. The molecular formula is C24H18F2N2O6. The Morgan fingerprint density at radius 3 is 2.53 bits per heavy atom. The van der Waals surface area contributed by atoms with Gasteiger partial charge in [0, 0.05) is 17.2 Å². The van der Waals surface area contributed by atoms with Gasteiger partial charge in [-0.25, -0.2) is 9.78 Å². The highest BCUT2D eigenvalue weighted by Gasteiger charge is 2.49. The van der Waals surface area contributed by atoms with Crippen LogP contribution in [0.4, 0.5) is 14.6 Å². The molecule has 1 unspecified atom stereocenters. The standard InChI is InChI=1S/C24H18F2N2O6/c1-12-6-7-19(27-20(12)13-4-3-5-14(8-13)21(29)30)28-22(31)23(2)11-32-16-10-18-17(9-15(16)23)33-24(25,26)34-18/h3-10H,11H2,1-2H3,(H,29,30)(H,27,28,31). The molecule has 0 saturated carbocycles. The minimum Gasteiger partial charge on any atom is -0.492 e. The van der Waals surface area contributed by atoms with Crippen LogP contribution in [0.2, 0.25) is 0 Å².